The first-order valence-corrected chi connectivity index (χ1v) is 10.3. The maximum Gasteiger partial charge on any atom is 0.243 e. The average molecular weight is 350 g/mol. The molecule has 2 aliphatic rings. The van der Waals surface area contributed by atoms with E-state index in [2.05, 4.69) is 0 Å². The minimum absolute atomic E-state index is 0.126. The van der Waals surface area contributed by atoms with Crippen LogP contribution in [0.1, 0.15) is 45.1 Å². The molecule has 0 radical (unpaired) electrons. The second-order valence-electron chi connectivity index (χ2n) is 7.15. The van der Waals surface area contributed by atoms with Crippen LogP contribution in [0.2, 0.25) is 0 Å². The maximum atomic E-state index is 12.7. The Morgan fingerprint density at radius 2 is 1.83 bits per heavy atom. The van der Waals surface area contributed by atoms with Crippen molar-refractivity contribution in [2.45, 2.75) is 50.8 Å². The van der Waals surface area contributed by atoms with Gasteiger partial charge in [0.25, 0.3) is 0 Å². The van der Waals surface area contributed by atoms with Crippen molar-refractivity contribution in [3.63, 3.8) is 0 Å². The third-order valence-corrected chi connectivity index (χ3v) is 6.65. The van der Waals surface area contributed by atoms with Gasteiger partial charge in [-0.05, 0) is 55.4 Å². The first kappa shape index (κ1) is 17.4. The largest absolute Gasteiger partial charge is 0.312 e. The zero-order chi connectivity index (χ0) is 17.3. The normalized spacial score (nSPS) is 18.9. The van der Waals surface area contributed by atoms with Crippen LogP contribution in [-0.4, -0.2) is 38.3 Å². The first-order valence-electron chi connectivity index (χ1n) is 8.83. The van der Waals surface area contributed by atoms with Gasteiger partial charge in [-0.15, -0.1) is 0 Å². The van der Waals surface area contributed by atoms with Crippen LogP contribution < -0.4 is 4.90 Å². The van der Waals surface area contributed by atoms with E-state index in [1.54, 1.807) is 16.4 Å². The van der Waals surface area contributed by atoms with E-state index in [0.717, 1.165) is 43.5 Å². The van der Waals surface area contributed by atoms with Gasteiger partial charge >= 0.3 is 0 Å². The number of benzene rings is 1. The number of aryl methyl sites for hydroxylation is 1. The van der Waals surface area contributed by atoms with E-state index >= 15 is 0 Å². The molecule has 0 saturated carbocycles. The van der Waals surface area contributed by atoms with E-state index in [4.69, 9.17) is 0 Å². The second kappa shape index (κ2) is 6.84. The molecule has 0 spiro atoms. The molecule has 0 atom stereocenters. The molecule has 1 aromatic carbocycles. The number of hydrogen-bond acceptors (Lipinski definition) is 3. The Morgan fingerprint density at radius 1 is 1.12 bits per heavy atom. The molecule has 0 aliphatic carbocycles. The van der Waals surface area contributed by atoms with Crippen LogP contribution in [0.15, 0.2) is 23.1 Å². The lowest BCUT2D eigenvalue weighted by atomic mass is 10.0. The average Bonchev–Trinajstić information content (AvgIpc) is 3.08. The smallest absolute Gasteiger partial charge is 0.243 e. The SMILES string of the molecule is CC(C)CC(=O)N1CCCc2cc(S(=O)(=O)N3CCCC3)ccc21. The van der Waals surface area contributed by atoms with Crippen LogP contribution in [0.4, 0.5) is 5.69 Å². The van der Waals surface area contributed by atoms with Crippen molar-refractivity contribution in [1.82, 2.24) is 4.31 Å². The van der Waals surface area contributed by atoms with Gasteiger partial charge in [0, 0.05) is 31.7 Å². The molecular weight excluding hydrogens is 324 g/mol. The standard InChI is InChI=1S/C18H26N2O3S/c1-14(2)12-18(21)20-11-5-6-15-13-16(7-8-17(15)20)24(22,23)19-9-3-4-10-19/h7-8,13-14H,3-6,9-12H2,1-2H3. The molecule has 1 aromatic rings. The molecule has 0 bridgehead atoms. The topological polar surface area (TPSA) is 57.7 Å². The second-order valence-corrected chi connectivity index (χ2v) is 9.09. The molecule has 6 heteroatoms. The van der Waals surface area contributed by atoms with Gasteiger partial charge in [-0.1, -0.05) is 13.8 Å². The van der Waals surface area contributed by atoms with Gasteiger partial charge in [0.2, 0.25) is 15.9 Å². The van der Waals surface area contributed by atoms with Crippen LogP contribution in [0, 0.1) is 5.92 Å². The number of anilines is 1. The fourth-order valence-electron chi connectivity index (χ4n) is 3.53. The summed E-state index contributed by atoms with van der Waals surface area (Å²) >= 11 is 0. The number of carbonyl (C=O) groups is 1. The van der Waals surface area contributed by atoms with Crippen LogP contribution in [0.5, 0.6) is 0 Å². The predicted octanol–water partition coefficient (Wildman–Crippen LogP) is 2.80. The number of hydrogen-bond donors (Lipinski definition) is 0. The molecule has 1 saturated heterocycles. The van der Waals surface area contributed by atoms with E-state index in [1.807, 2.05) is 24.8 Å². The van der Waals surface area contributed by atoms with Gasteiger partial charge in [-0.2, -0.15) is 4.31 Å². The number of sulfonamides is 1. The van der Waals surface area contributed by atoms with Crippen molar-refractivity contribution in [1.29, 1.82) is 0 Å². The molecule has 1 amide bonds. The Kier molecular flexibility index (Phi) is 4.97. The van der Waals surface area contributed by atoms with Gasteiger partial charge < -0.3 is 4.90 Å². The van der Waals surface area contributed by atoms with Gasteiger partial charge in [-0.25, -0.2) is 8.42 Å². The number of nitrogens with zero attached hydrogens (tertiary/aromatic N) is 2. The van der Waals surface area contributed by atoms with Crippen molar-refractivity contribution in [3.05, 3.63) is 23.8 Å². The molecule has 2 aliphatic heterocycles. The Balaban J connectivity index is 1.89. The summed E-state index contributed by atoms with van der Waals surface area (Å²) in [6.45, 7) is 6.01. The van der Waals surface area contributed by atoms with E-state index in [-0.39, 0.29) is 5.91 Å². The van der Waals surface area contributed by atoms with Crippen molar-refractivity contribution >= 4 is 21.6 Å². The van der Waals surface area contributed by atoms with E-state index in [9.17, 15) is 13.2 Å². The molecule has 0 N–H and O–H groups in total. The van der Waals surface area contributed by atoms with Crippen molar-refractivity contribution in [3.8, 4) is 0 Å². The molecular formula is C18H26N2O3S. The quantitative estimate of drug-likeness (QED) is 0.839. The molecule has 5 nitrogen and oxygen atoms in total. The van der Waals surface area contributed by atoms with Gasteiger partial charge in [-0.3, -0.25) is 4.79 Å². The molecule has 1 fully saturated rings. The molecule has 24 heavy (non-hydrogen) atoms. The van der Waals surface area contributed by atoms with Crippen LogP contribution in [0.25, 0.3) is 0 Å². The highest BCUT2D eigenvalue weighted by molar-refractivity contribution is 7.89. The van der Waals surface area contributed by atoms with Gasteiger partial charge in [0.1, 0.15) is 0 Å². The summed E-state index contributed by atoms with van der Waals surface area (Å²) in [5.41, 5.74) is 1.85. The molecule has 0 unspecified atom stereocenters. The summed E-state index contributed by atoms with van der Waals surface area (Å²) in [7, 11) is -3.40. The first-order chi connectivity index (χ1) is 11.4. The summed E-state index contributed by atoms with van der Waals surface area (Å²) in [4.78, 5) is 14.6. The number of fused-ring (bicyclic) bond motifs is 1. The lowest BCUT2D eigenvalue weighted by Gasteiger charge is -2.30. The lowest BCUT2D eigenvalue weighted by molar-refractivity contribution is -0.119. The van der Waals surface area contributed by atoms with Crippen LogP contribution >= 0.6 is 0 Å². The van der Waals surface area contributed by atoms with E-state index in [0.29, 0.717) is 30.3 Å². The highest BCUT2D eigenvalue weighted by atomic mass is 32.2. The predicted molar refractivity (Wildman–Crippen MR) is 94.6 cm³/mol. The van der Waals surface area contributed by atoms with Crippen LogP contribution in [0.3, 0.4) is 0 Å². The van der Waals surface area contributed by atoms with Crippen molar-refractivity contribution in [2.75, 3.05) is 24.5 Å². The monoisotopic (exact) mass is 350 g/mol. The third kappa shape index (κ3) is 3.35. The number of carbonyl (C=O) groups excluding carboxylic acids is 1. The van der Waals surface area contributed by atoms with Gasteiger partial charge in [0.05, 0.1) is 4.90 Å². The van der Waals surface area contributed by atoms with Crippen LogP contribution in [-0.2, 0) is 21.2 Å². The number of rotatable bonds is 4. The summed E-state index contributed by atoms with van der Waals surface area (Å²) in [5.74, 6) is 0.443. The minimum atomic E-state index is -3.40. The fraction of sp³-hybridized carbons (Fsp3) is 0.611. The summed E-state index contributed by atoms with van der Waals surface area (Å²) in [6.07, 6.45) is 4.09. The third-order valence-electron chi connectivity index (χ3n) is 4.76. The molecule has 0 aromatic heterocycles. The molecule has 2 heterocycles. The number of amides is 1. The lowest BCUT2D eigenvalue weighted by Crippen LogP contribution is -2.36. The van der Waals surface area contributed by atoms with Crippen molar-refractivity contribution in [2.24, 2.45) is 5.92 Å². The van der Waals surface area contributed by atoms with Gasteiger partial charge in [0.15, 0.2) is 0 Å². The highest BCUT2D eigenvalue weighted by Gasteiger charge is 2.29. The molecule has 3 rings (SSSR count). The Labute approximate surface area is 144 Å². The van der Waals surface area contributed by atoms with Crippen molar-refractivity contribution < 1.29 is 13.2 Å². The fourth-order valence-corrected chi connectivity index (χ4v) is 5.10. The Morgan fingerprint density at radius 3 is 2.50 bits per heavy atom. The Hall–Kier alpha value is -1.40. The summed E-state index contributed by atoms with van der Waals surface area (Å²) < 4.78 is 27.0. The Bertz CT molecular complexity index is 722. The zero-order valence-electron chi connectivity index (χ0n) is 14.5. The minimum Gasteiger partial charge on any atom is -0.312 e. The zero-order valence-corrected chi connectivity index (χ0v) is 15.3. The van der Waals surface area contributed by atoms with E-state index < -0.39 is 10.0 Å². The maximum absolute atomic E-state index is 12.7. The summed E-state index contributed by atoms with van der Waals surface area (Å²) in [6, 6.07) is 5.25. The summed E-state index contributed by atoms with van der Waals surface area (Å²) in [5, 5.41) is 0. The molecule has 132 valence electrons. The van der Waals surface area contributed by atoms with E-state index in [1.165, 1.54) is 0 Å². The highest BCUT2D eigenvalue weighted by Crippen LogP contribution is 2.32.